The largest absolute Gasteiger partial charge is 0.508 e. The van der Waals surface area contributed by atoms with Crippen molar-refractivity contribution in [1.82, 2.24) is 4.98 Å². The van der Waals surface area contributed by atoms with E-state index in [4.69, 9.17) is 5.73 Å². The highest BCUT2D eigenvalue weighted by atomic mass is 16.3. The van der Waals surface area contributed by atoms with E-state index in [2.05, 4.69) is 11.9 Å². The summed E-state index contributed by atoms with van der Waals surface area (Å²) in [4.78, 5) is 15.3. The molecule has 1 amide bonds. The highest BCUT2D eigenvalue weighted by Gasteiger charge is 2.21. The number of hydrogen-bond acceptors (Lipinski definition) is 2. The number of hydrogen-bond donors (Lipinski definition) is 3. The van der Waals surface area contributed by atoms with Gasteiger partial charge in [0.15, 0.2) is 0 Å². The van der Waals surface area contributed by atoms with Gasteiger partial charge < -0.3 is 15.8 Å². The van der Waals surface area contributed by atoms with Crippen molar-refractivity contribution >= 4 is 16.8 Å². The number of benzene rings is 1. The molecule has 2 rings (SSSR count). The summed E-state index contributed by atoms with van der Waals surface area (Å²) < 4.78 is 0. The molecule has 0 radical (unpaired) electrons. The third-order valence-corrected chi connectivity index (χ3v) is 6.76. The highest BCUT2D eigenvalue weighted by molar-refractivity contribution is 5.92. The van der Waals surface area contributed by atoms with Gasteiger partial charge in [-0.3, -0.25) is 4.79 Å². The van der Waals surface area contributed by atoms with Crippen molar-refractivity contribution in [3.05, 3.63) is 30.0 Å². The third kappa shape index (κ3) is 9.67. The molecule has 1 heterocycles. The lowest BCUT2D eigenvalue weighted by molar-refractivity contribution is -0.119. The first-order valence-electron chi connectivity index (χ1n) is 13.2. The zero-order valence-electron chi connectivity index (χ0n) is 20.3. The third-order valence-electron chi connectivity index (χ3n) is 6.76. The molecule has 32 heavy (non-hydrogen) atoms. The number of amides is 1. The molecule has 0 spiro atoms. The maximum Gasteiger partial charge on any atom is 0.225 e. The van der Waals surface area contributed by atoms with Crippen LogP contribution in [-0.2, 0) is 4.79 Å². The number of aromatic hydroxyl groups is 1. The predicted octanol–water partition coefficient (Wildman–Crippen LogP) is 8.09. The first kappa shape index (κ1) is 26.3. The summed E-state index contributed by atoms with van der Waals surface area (Å²) in [5, 5.41) is 10.7. The maximum atomic E-state index is 12.1. The molecular weight excluding hydrogens is 396 g/mol. The fourth-order valence-corrected chi connectivity index (χ4v) is 4.77. The Hall–Kier alpha value is -1.97. The topological polar surface area (TPSA) is 79.1 Å². The van der Waals surface area contributed by atoms with Crippen molar-refractivity contribution in [3.63, 3.8) is 0 Å². The minimum Gasteiger partial charge on any atom is -0.508 e. The Kier molecular flexibility index (Phi) is 13.0. The number of fused-ring (bicyclic) bond motifs is 1. The van der Waals surface area contributed by atoms with Crippen LogP contribution in [0.5, 0.6) is 5.75 Å². The van der Waals surface area contributed by atoms with Gasteiger partial charge in [-0.15, -0.1) is 0 Å². The lowest BCUT2D eigenvalue weighted by Gasteiger charge is -2.13. The van der Waals surface area contributed by atoms with Crippen LogP contribution in [-0.4, -0.2) is 16.0 Å². The molecule has 4 heteroatoms. The van der Waals surface area contributed by atoms with Crippen LogP contribution in [0.4, 0.5) is 0 Å². The molecule has 1 aromatic heterocycles. The van der Waals surface area contributed by atoms with Gasteiger partial charge in [0, 0.05) is 17.1 Å². The van der Waals surface area contributed by atoms with Gasteiger partial charge in [-0.2, -0.15) is 0 Å². The van der Waals surface area contributed by atoms with E-state index in [-0.39, 0.29) is 17.6 Å². The first-order chi connectivity index (χ1) is 15.6. The van der Waals surface area contributed by atoms with Crippen LogP contribution in [0.1, 0.15) is 128 Å². The molecule has 1 aromatic carbocycles. The summed E-state index contributed by atoms with van der Waals surface area (Å²) in [5.74, 6) is -0.364. The zero-order chi connectivity index (χ0) is 23.0. The second-order valence-corrected chi connectivity index (χ2v) is 9.52. The molecule has 1 atom stereocenters. The number of rotatable bonds is 19. The standard InChI is InChI=1S/C28H46N2O2/c1-2-3-4-5-6-7-8-9-10-11-12-13-14-15-16-17-18-24(28(29)32)26-22-30-27-20-19-23(31)21-25(26)27/h19-22,24,30-31H,2-18H2,1H3,(H2,29,32). The molecule has 0 aliphatic carbocycles. The predicted molar refractivity (Wildman–Crippen MR) is 136 cm³/mol. The number of nitrogens with one attached hydrogen (secondary N) is 1. The number of carbonyl (C=O) groups excluding carboxylic acids is 1. The molecule has 0 bridgehead atoms. The van der Waals surface area contributed by atoms with Gasteiger partial charge in [0.2, 0.25) is 5.91 Å². The molecule has 4 nitrogen and oxygen atoms in total. The lowest BCUT2D eigenvalue weighted by Crippen LogP contribution is -2.21. The number of H-pyrrole nitrogens is 1. The van der Waals surface area contributed by atoms with Crippen LogP contribution < -0.4 is 5.73 Å². The van der Waals surface area contributed by atoms with E-state index in [1.165, 1.54) is 89.9 Å². The zero-order valence-corrected chi connectivity index (χ0v) is 20.3. The number of carbonyl (C=O) groups is 1. The van der Waals surface area contributed by atoms with E-state index in [0.717, 1.165) is 35.7 Å². The summed E-state index contributed by atoms with van der Waals surface area (Å²) in [5.41, 5.74) is 7.54. The normalized spacial score (nSPS) is 12.4. The van der Waals surface area contributed by atoms with Gasteiger partial charge in [-0.1, -0.05) is 110 Å². The minimum atomic E-state index is -0.294. The Labute approximate surface area is 195 Å². The first-order valence-corrected chi connectivity index (χ1v) is 13.2. The average Bonchev–Trinajstić information content (AvgIpc) is 3.18. The second kappa shape index (κ2) is 15.8. The molecule has 180 valence electrons. The van der Waals surface area contributed by atoms with Gasteiger partial charge in [0.25, 0.3) is 0 Å². The van der Waals surface area contributed by atoms with E-state index in [0.29, 0.717) is 0 Å². The lowest BCUT2D eigenvalue weighted by atomic mass is 9.92. The minimum absolute atomic E-state index is 0.212. The molecule has 0 saturated heterocycles. The van der Waals surface area contributed by atoms with Gasteiger partial charge in [-0.25, -0.2) is 0 Å². The Morgan fingerprint density at radius 3 is 1.84 bits per heavy atom. The van der Waals surface area contributed by atoms with E-state index >= 15 is 0 Å². The van der Waals surface area contributed by atoms with Crippen molar-refractivity contribution in [1.29, 1.82) is 0 Å². The van der Waals surface area contributed by atoms with Crippen molar-refractivity contribution in [3.8, 4) is 5.75 Å². The molecule has 0 aliphatic rings. The van der Waals surface area contributed by atoms with Crippen LogP contribution in [0, 0.1) is 0 Å². The summed E-state index contributed by atoms with van der Waals surface area (Å²) in [6.45, 7) is 2.28. The summed E-state index contributed by atoms with van der Waals surface area (Å²) in [6.07, 6.45) is 24.1. The summed E-state index contributed by atoms with van der Waals surface area (Å²) in [6, 6.07) is 5.20. The molecule has 0 fully saturated rings. The monoisotopic (exact) mass is 442 g/mol. The molecular formula is C28H46N2O2. The second-order valence-electron chi connectivity index (χ2n) is 9.52. The van der Waals surface area contributed by atoms with Crippen molar-refractivity contribution < 1.29 is 9.90 Å². The van der Waals surface area contributed by atoms with Gasteiger partial charge in [0.1, 0.15) is 5.75 Å². The number of unbranched alkanes of at least 4 members (excludes halogenated alkanes) is 15. The van der Waals surface area contributed by atoms with Crippen LogP contribution in [0.3, 0.4) is 0 Å². The van der Waals surface area contributed by atoms with Crippen molar-refractivity contribution in [2.45, 2.75) is 122 Å². The number of aromatic amines is 1. The Balaban J connectivity index is 1.50. The van der Waals surface area contributed by atoms with E-state index < -0.39 is 0 Å². The van der Waals surface area contributed by atoms with Crippen LogP contribution in [0.15, 0.2) is 24.4 Å². The molecule has 0 aliphatic heterocycles. The Bertz CT molecular complexity index is 768. The molecule has 4 N–H and O–H groups in total. The SMILES string of the molecule is CCCCCCCCCCCCCCCCCCC(C(N)=O)c1c[nH]c2ccc(O)cc12. The van der Waals surface area contributed by atoms with E-state index in [1.54, 1.807) is 12.1 Å². The number of nitrogens with two attached hydrogens (primary N) is 1. The molecule has 0 saturated carbocycles. The number of phenolic OH excluding ortho intramolecular Hbond substituents is 1. The van der Waals surface area contributed by atoms with E-state index in [1.807, 2.05) is 12.3 Å². The molecule has 1 unspecified atom stereocenters. The summed E-state index contributed by atoms with van der Waals surface area (Å²) >= 11 is 0. The number of aromatic nitrogens is 1. The molecule has 2 aromatic rings. The fourth-order valence-electron chi connectivity index (χ4n) is 4.77. The van der Waals surface area contributed by atoms with Crippen molar-refractivity contribution in [2.75, 3.05) is 0 Å². The van der Waals surface area contributed by atoms with Gasteiger partial charge in [-0.05, 0) is 30.2 Å². The van der Waals surface area contributed by atoms with E-state index in [9.17, 15) is 9.90 Å². The fraction of sp³-hybridized carbons (Fsp3) is 0.679. The Morgan fingerprint density at radius 1 is 0.844 bits per heavy atom. The van der Waals surface area contributed by atoms with Crippen LogP contribution in [0.25, 0.3) is 10.9 Å². The smallest absolute Gasteiger partial charge is 0.225 e. The Morgan fingerprint density at radius 2 is 1.34 bits per heavy atom. The van der Waals surface area contributed by atoms with Crippen molar-refractivity contribution in [2.24, 2.45) is 5.73 Å². The number of phenols is 1. The van der Waals surface area contributed by atoms with Crippen LogP contribution in [0.2, 0.25) is 0 Å². The highest BCUT2D eigenvalue weighted by Crippen LogP contribution is 2.31. The number of primary amides is 1. The summed E-state index contributed by atoms with van der Waals surface area (Å²) in [7, 11) is 0. The van der Waals surface area contributed by atoms with Gasteiger partial charge >= 0.3 is 0 Å². The maximum absolute atomic E-state index is 12.1. The average molecular weight is 443 g/mol. The van der Waals surface area contributed by atoms with Crippen LogP contribution >= 0.6 is 0 Å². The quantitative estimate of drug-likeness (QED) is 0.192. The van der Waals surface area contributed by atoms with Gasteiger partial charge in [0.05, 0.1) is 5.92 Å².